The number of anilines is 2. The van der Waals surface area contributed by atoms with Gasteiger partial charge in [0.2, 0.25) is 5.95 Å². The molecular formula is C15H13N3. The van der Waals surface area contributed by atoms with E-state index in [0.717, 1.165) is 24.6 Å². The monoisotopic (exact) mass is 235 g/mol. The summed E-state index contributed by atoms with van der Waals surface area (Å²) < 4.78 is 2.29. The van der Waals surface area contributed by atoms with Crippen molar-refractivity contribution in [3.05, 3.63) is 54.6 Å². The molecule has 0 fully saturated rings. The van der Waals surface area contributed by atoms with Crippen LogP contribution in [0.5, 0.6) is 0 Å². The number of para-hydroxylation sites is 3. The van der Waals surface area contributed by atoms with Crippen molar-refractivity contribution in [3.63, 3.8) is 0 Å². The molecule has 18 heavy (non-hydrogen) atoms. The van der Waals surface area contributed by atoms with E-state index in [0.29, 0.717) is 0 Å². The normalized spacial score (nSPS) is 14.1. The van der Waals surface area contributed by atoms with Gasteiger partial charge in [-0.15, -0.1) is 0 Å². The first kappa shape index (κ1) is 9.71. The van der Waals surface area contributed by atoms with Crippen molar-refractivity contribution in [1.29, 1.82) is 0 Å². The van der Waals surface area contributed by atoms with E-state index in [1.807, 2.05) is 12.1 Å². The van der Waals surface area contributed by atoms with E-state index in [-0.39, 0.29) is 0 Å². The number of nitrogens with zero attached hydrogens (tertiary/aromatic N) is 3. The molecular weight excluding hydrogens is 222 g/mol. The maximum absolute atomic E-state index is 4.74. The van der Waals surface area contributed by atoms with Gasteiger partial charge in [-0.25, -0.2) is 4.98 Å². The summed E-state index contributed by atoms with van der Waals surface area (Å²) >= 11 is 0. The molecule has 0 amide bonds. The molecule has 2 aromatic carbocycles. The average Bonchev–Trinajstić information content (AvgIpc) is 2.98. The fourth-order valence-corrected chi connectivity index (χ4v) is 2.64. The molecule has 0 N–H and O–H groups in total. The Labute approximate surface area is 105 Å². The van der Waals surface area contributed by atoms with Gasteiger partial charge < -0.3 is 9.47 Å². The van der Waals surface area contributed by atoms with Crippen LogP contribution in [-0.2, 0) is 6.54 Å². The number of hydrogen-bond acceptors (Lipinski definition) is 2. The standard InChI is InChI=1S/C15H13N3/c1-2-6-12(7-3-1)17-10-11-18-14-9-5-4-8-13(14)16-15(17)18/h1-9H,10-11H2. The van der Waals surface area contributed by atoms with Gasteiger partial charge >= 0.3 is 0 Å². The molecule has 0 saturated carbocycles. The SMILES string of the molecule is c1ccc(N2CCn3c2nc2ccccc23)cc1. The zero-order valence-electron chi connectivity index (χ0n) is 9.95. The zero-order chi connectivity index (χ0) is 11.9. The van der Waals surface area contributed by atoms with Crippen molar-refractivity contribution >= 4 is 22.7 Å². The summed E-state index contributed by atoms with van der Waals surface area (Å²) in [5, 5.41) is 0. The summed E-state index contributed by atoms with van der Waals surface area (Å²) in [4.78, 5) is 7.02. The molecule has 3 heteroatoms. The molecule has 0 radical (unpaired) electrons. The van der Waals surface area contributed by atoms with E-state index < -0.39 is 0 Å². The number of imidazole rings is 1. The lowest BCUT2D eigenvalue weighted by Crippen LogP contribution is -2.13. The van der Waals surface area contributed by atoms with Crippen molar-refractivity contribution in [1.82, 2.24) is 9.55 Å². The highest BCUT2D eigenvalue weighted by Gasteiger charge is 2.23. The minimum absolute atomic E-state index is 0.997. The summed E-state index contributed by atoms with van der Waals surface area (Å²) in [6.07, 6.45) is 0. The predicted octanol–water partition coefficient (Wildman–Crippen LogP) is 3.19. The van der Waals surface area contributed by atoms with Crippen molar-refractivity contribution < 1.29 is 0 Å². The first-order chi connectivity index (χ1) is 8.93. The molecule has 1 aromatic heterocycles. The van der Waals surface area contributed by atoms with Gasteiger partial charge in [-0.1, -0.05) is 30.3 Å². The molecule has 3 aromatic rings. The Kier molecular flexibility index (Phi) is 1.94. The van der Waals surface area contributed by atoms with Crippen LogP contribution in [-0.4, -0.2) is 16.1 Å². The van der Waals surface area contributed by atoms with E-state index in [4.69, 9.17) is 4.98 Å². The third kappa shape index (κ3) is 1.27. The fourth-order valence-electron chi connectivity index (χ4n) is 2.64. The molecule has 88 valence electrons. The van der Waals surface area contributed by atoms with E-state index in [9.17, 15) is 0 Å². The fraction of sp³-hybridized carbons (Fsp3) is 0.133. The molecule has 0 saturated heterocycles. The van der Waals surface area contributed by atoms with Crippen LogP contribution >= 0.6 is 0 Å². The maximum atomic E-state index is 4.74. The van der Waals surface area contributed by atoms with Gasteiger partial charge in [0.1, 0.15) is 0 Å². The Balaban J connectivity index is 1.90. The van der Waals surface area contributed by atoms with Gasteiger partial charge in [0.05, 0.1) is 11.0 Å². The van der Waals surface area contributed by atoms with Crippen LogP contribution < -0.4 is 4.90 Å². The second kappa shape index (κ2) is 3.60. The number of hydrogen-bond donors (Lipinski definition) is 0. The Bertz CT molecular complexity index is 700. The summed E-state index contributed by atoms with van der Waals surface area (Å²) in [6.45, 7) is 2.00. The van der Waals surface area contributed by atoms with Gasteiger partial charge in [0.25, 0.3) is 0 Å². The van der Waals surface area contributed by atoms with Crippen LogP contribution in [0.4, 0.5) is 11.6 Å². The molecule has 0 atom stereocenters. The average molecular weight is 235 g/mol. The number of benzene rings is 2. The zero-order valence-corrected chi connectivity index (χ0v) is 9.95. The summed E-state index contributed by atoms with van der Waals surface area (Å²) in [7, 11) is 0. The molecule has 0 spiro atoms. The first-order valence-corrected chi connectivity index (χ1v) is 6.21. The highest BCUT2D eigenvalue weighted by molar-refractivity contribution is 5.81. The first-order valence-electron chi connectivity index (χ1n) is 6.21. The molecule has 1 aliphatic rings. The Morgan fingerprint density at radius 3 is 2.50 bits per heavy atom. The van der Waals surface area contributed by atoms with E-state index in [1.165, 1.54) is 11.2 Å². The van der Waals surface area contributed by atoms with E-state index in [2.05, 4.69) is 51.9 Å². The minimum Gasteiger partial charge on any atom is -0.310 e. The van der Waals surface area contributed by atoms with Crippen LogP contribution in [0.2, 0.25) is 0 Å². The van der Waals surface area contributed by atoms with Crippen molar-refractivity contribution in [2.75, 3.05) is 11.4 Å². The van der Waals surface area contributed by atoms with Crippen LogP contribution in [0.1, 0.15) is 0 Å². The lowest BCUT2D eigenvalue weighted by Gasteiger charge is -2.15. The molecule has 0 unspecified atom stereocenters. The van der Waals surface area contributed by atoms with E-state index in [1.54, 1.807) is 0 Å². The lowest BCUT2D eigenvalue weighted by atomic mass is 10.3. The molecule has 2 heterocycles. The number of rotatable bonds is 1. The highest BCUT2D eigenvalue weighted by Crippen LogP contribution is 2.32. The van der Waals surface area contributed by atoms with Crippen LogP contribution in [0.25, 0.3) is 11.0 Å². The lowest BCUT2D eigenvalue weighted by molar-refractivity contribution is 0.825. The molecule has 4 rings (SSSR count). The van der Waals surface area contributed by atoms with Crippen LogP contribution in [0.3, 0.4) is 0 Å². The third-order valence-corrected chi connectivity index (χ3v) is 3.49. The second-order valence-electron chi connectivity index (χ2n) is 4.54. The second-order valence-corrected chi connectivity index (χ2v) is 4.54. The summed E-state index contributed by atoms with van der Waals surface area (Å²) in [5.41, 5.74) is 3.52. The summed E-state index contributed by atoms with van der Waals surface area (Å²) in [6, 6.07) is 18.8. The molecule has 0 aliphatic carbocycles. The van der Waals surface area contributed by atoms with Crippen molar-refractivity contribution in [3.8, 4) is 0 Å². The quantitative estimate of drug-likeness (QED) is 0.646. The Morgan fingerprint density at radius 2 is 1.61 bits per heavy atom. The van der Waals surface area contributed by atoms with Gasteiger partial charge in [0.15, 0.2) is 0 Å². The molecule has 3 nitrogen and oxygen atoms in total. The van der Waals surface area contributed by atoms with Gasteiger partial charge in [-0.3, -0.25) is 0 Å². The maximum Gasteiger partial charge on any atom is 0.211 e. The predicted molar refractivity (Wildman–Crippen MR) is 73.2 cm³/mol. The molecule has 1 aliphatic heterocycles. The van der Waals surface area contributed by atoms with Gasteiger partial charge in [0, 0.05) is 18.8 Å². The van der Waals surface area contributed by atoms with Crippen LogP contribution in [0.15, 0.2) is 54.6 Å². The largest absolute Gasteiger partial charge is 0.310 e. The third-order valence-electron chi connectivity index (χ3n) is 3.49. The minimum atomic E-state index is 0.997. The topological polar surface area (TPSA) is 21.1 Å². The van der Waals surface area contributed by atoms with Crippen molar-refractivity contribution in [2.24, 2.45) is 0 Å². The Hall–Kier alpha value is -2.29. The summed E-state index contributed by atoms with van der Waals surface area (Å²) in [5.74, 6) is 1.06. The number of fused-ring (bicyclic) bond motifs is 3. The van der Waals surface area contributed by atoms with Crippen molar-refractivity contribution in [2.45, 2.75) is 6.54 Å². The van der Waals surface area contributed by atoms with Gasteiger partial charge in [-0.2, -0.15) is 0 Å². The smallest absolute Gasteiger partial charge is 0.211 e. The van der Waals surface area contributed by atoms with E-state index >= 15 is 0 Å². The Morgan fingerprint density at radius 1 is 0.833 bits per heavy atom. The highest BCUT2D eigenvalue weighted by atomic mass is 15.4. The molecule has 0 bridgehead atoms. The van der Waals surface area contributed by atoms with Gasteiger partial charge in [-0.05, 0) is 24.3 Å². The van der Waals surface area contributed by atoms with Crippen LogP contribution in [0, 0.1) is 0 Å². The number of aromatic nitrogens is 2.